The Morgan fingerprint density at radius 1 is 1.23 bits per heavy atom. The first-order valence-electron chi connectivity index (χ1n) is 8.56. The Labute approximate surface area is 159 Å². The molecule has 0 unspecified atom stereocenters. The first-order valence-corrected chi connectivity index (χ1v) is 9.36. The van der Waals surface area contributed by atoms with Gasteiger partial charge in [0, 0.05) is 23.1 Å². The molecule has 3 heterocycles. The van der Waals surface area contributed by atoms with E-state index in [0.717, 1.165) is 41.8 Å². The van der Waals surface area contributed by atoms with Gasteiger partial charge in [0.25, 0.3) is 0 Å². The van der Waals surface area contributed by atoms with Crippen molar-refractivity contribution in [1.82, 2.24) is 25.0 Å². The first-order chi connectivity index (χ1) is 12.4. The molecule has 0 radical (unpaired) electrons. The van der Waals surface area contributed by atoms with E-state index in [1.165, 1.54) is 0 Å². The van der Waals surface area contributed by atoms with Crippen LogP contribution in [0.2, 0.25) is 0 Å². The summed E-state index contributed by atoms with van der Waals surface area (Å²) >= 11 is 3.49. The fourth-order valence-corrected chi connectivity index (χ4v) is 3.67. The minimum atomic E-state index is -0.132. The van der Waals surface area contributed by atoms with Crippen molar-refractivity contribution in [3.05, 3.63) is 34.3 Å². The van der Waals surface area contributed by atoms with E-state index in [1.807, 2.05) is 24.3 Å². The van der Waals surface area contributed by atoms with Crippen LogP contribution in [-0.2, 0) is 6.54 Å². The van der Waals surface area contributed by atoms with Gasteiger partial charge in [-0.25, -0.2) is 4.68 Å². The van der Waals surface area contributed by atoms with Crippen molar-refractivity contribution in [3.8, 4) is 0 Å². The normalized spacial score (nSPS) is 17.0. The zero-order valence-corrected chi connectivity index (χ0v) is 16.1. The number of nitrogens with zero attached hydrogens (tertiary/aromatic N) is 6. The van der Waals surface area contributed by atoms with E-state index in [0.29, 0.717) is 17.7 Å². The van der Waals surface area contributed by atoms with Crippen LogP contribution in [0.5, 0.6) is 0 Å². The predicted octanol–water partition coefficient (Wildman–Crippen LogP) is 1.93. The van der Waals surface area contributed by atoms with Crippen molar-refractivity contribution in [3.63, 3.8) is 0 Å². The molecule has 0 amide bonds. The van der Waals surface area contributed by atoms with Gasteiger partial charge in [0.15, 0.2) is 17.0 Å². The number of piperidine rings is 1. The van der Waals surface area contributed by atoms with Gasteiger partial charge in [-0.15, -0.1) is 5.10 Å². The second kappa shape index (κ2) is 6.48. The summed E-state index contributed by atoms with van der Waals surface area (Å²) in [5.74, 6) is 0.967. The molecule has 1 saturated heterocycles. The number of rotatable bonds is 3. The third-order valence-electron chi connectivity index (χ3n) is 4.79. The molecule has 3 aromatic rings. The second-order valence-electron chi connectivity index (χ2n) is 7.10. The highest BCUT2D eigenvalue weighted by Crippen LogP contribution is 2.28. The molecule has 0 aliphatic carbocycles. The van der Waals surface area contributed by atoms with Crippen LogP contribution in [-0.4, -0.2) is 43.6 Å². The Morgan fingerprint density at radius 2 is 2.00 bits per heavy atom. The van der Waals surface area contributed by atoms with Crippen LogP contribution in [0, 0.1) is 0 Å². The fraction of sp³-hybridized carbons (Fsp3) is 0.412. The molecule has 2 aromatic heterocycles. The fourth-order valence-electron chi connectivity index (χ4n) is 3.22. The van der Waals surface area contributed by atoms with Crippen LogP contribution in [0.1, 0.15) is 25.3 Å². The molecule has 0 atom stereocenters. The van der Waals surface area contributed by atoms with Crippen molar-refractivity contribution in [2.45, 2.75) is 31.8 Å². The third kappa shape index (κ3) is 3.36. The van der Waals surface area contributed by atoms with Gasteiger partial charge in [0.1, 0.15) is 0 Å². The lowest BCUT2D eigenvalue weighted by Gasteiger charge is -2.37. The molecule has 8 nitrogen and oxygen atoms in total. The number of anilines is 2. The molecule has 9 heteroatoms. The summed E-state index contributed by atoms with van der Waals surface area (Å²) in [6, 6.07) is 8.07. The maximum atomic E-state index is 6.24. The monoisotopic (exact) mass is 416 g/mol. The Bertz CT molecular complexity index is 941. The summed E-state index contributed by atoms with van der Waals surface area (Å²) in [5.41, 5.74) is 14.5. The molecule has 0 saturated carbocycles. The molecule has 1 aliphatic rings. The lowest BCUT2D eigenvalue weighted by atomic mass is 9.91. The summed E-state index contributed by atoms with van der Waals surface area (Å²) in [4.78, 5) is 11.0. The van der Waals surface area contributed by atoms with Crippen molar-refractivity contribution in [2.24, 2.45) is 5.73 Å². The average Bonchev–Trinajstić information content (AvgIpc) is 2.97. The van der Waals surface area contributed by atoms with Gasteiger partial charge < -0.3 is 16.4 Å². The standard InChI is InChI=1S/C17H21BrN8/c1-17(20)5-7-25(8-6-17)14-13-15(22-16(19)21-14)26(24-23-13)10-11-3-2-4-12(18)9-11/h2-4,9H,5-8,10,20H2,1H3,(H2,19,21,22). The Morgan fingerprint density at radius 3 is 2.73 bits per heavy atom. The van der Waals surface area contributed by atoms with Gasteiger partial charge in [-0.1, -0.05) is 33.3 Å². The van der Waals surface area contributed by atoms with E-state index in [2.05, 4.69) is 48.0 Å². The third-order valence-corrected chi connectivity index (χ3v) is 5.28. The molecule has 26 heavy (non-hydrogen) atoms. The lowest BCUT2D eigenvalue weighted by molar-refractivity contribution is 0.363. The van der Waals surface area contributed by atoms with Crippen LogP contribution in [0.4, 0.5) is 11.8 Å². The topological polar surface area (TPSA) is 112 Å². The highest BCUT2D eigenvalue weighted by molar-refractivity contribution is 9.10. The van der Waals surface area contributed by atoms with Crippen molar-refractivity contribution < 1.29 is 0 Å². The minimum Gasteiger partial charge on any atom is -0.368 e. The molecule has 136 valence electrons. The van der Waals surface area contributed by atoms with Gasteiger partial charge in [-0.2, -0.15) is 9.97 Å². The highest BCUT2D eigenvalue weighted by Gasteiger charge is 2.28. The number of nitrogen functional groups attached to an aromatic ring is 1. The number of hydrogen-bond donors (Lipinski definition) is 2. The summed E-state index contributed by atoms with van der Waals surface area (Å²) < 4.78 is 2.78. The van der Waals surface area contributed by atoms with Crippen LogP contribution in [0.25, 0.3) is 11.2 Å². The van der Waals surface area contributed by atoms with Crippen LogP contribution in [0.3, 0.4) is 0 Å². The predicted molar refractivity (Wildman–Crippen MR) is 105 cm³/mol. The van der Waals surface area contributed by atoms with Crippen LogP contribution >= 0.6 is 15.9 Å². The molecule has 4 rings (SSSR count). The van der Waals surface area contributed by atoms with Gasteiger partial charge in [0.05, 0.1) is 6.54 Å². The van der Waals surface area contributed by atoms with E-state index in [9.17, 15) is 0 Å². The minimum absolute atomic E-state index is 0.132. The van der Waals surface area contributed by atoms with E-state index >= 15 is 0 Å². The molecule has 4 N–H and O–H groups in total. The van der Waals surface area contributed by atoms with Crippen LogP contribution in [0.15, 0.2) is 28.7 Å². The summed E-state index contributed by atoms with van der Waals surface area (Å²) in [6.45, 7) is 4.28. The average molecular weight is 417 g/mol. The van der Waals surface area contributed by atoms with Gasteiger partial charge >= 0.3 is 0 Å². The maximum Gasteiger partial charge on any atom is 0.224 e. The van der Waals surface area contributed by atoms with Gasteiger partial charge in [0.2, 0.25) is 5.95 Å². The number of halogens is 1. The summed E-state index contributed by atoms with van der Waals surface area (Å²) in [7, 11) is 0. The molecule has 1 fully saturated rings. The quantitative estimate of drug-likeness (QED) is 0.670. The molecule has 1 aromatic carbocycles. The SMILES string of the molecule is CC1(N)CCN(c2nc(N)nc3c2nnn3Cc2cccc(Br)c2)CC1. The summed E-state index contributed by atoms with van der Waals surface area (Å²) in [5, 5.41) is 8.63. The molecule has 1 aliphatic heterocycles. The van der Waals surface area contributed by atoms with E-state index in [4.69, 9.17) is 11.5 Å². The second-order valence-corrected chi connectivity index (χ2v) is 8.01. The van der Waals surface area contributed by atoms with E-state index < -0.39 is 0 Å². The first kappa shape index (κ1) is 17.2. The van der Waals surface area contributed by atoms with Crippen molar-refractivity contribution in [2.75, 3.05) is 23.7 Å². The zero-order valence-electron chi connectivity index (χ0n) is 14.6. The Kier molecular flexibility index (Phi) is 4.28. The Balaban J connectivity index is 1.69. The highest BCUT2D eigenvalue weighted by atomic mass is 79.9. The maximum absolute atomic E-state index is 6.24. The number of nitrogens with two attached hydrogens (primary N) is 2. The molecular weight excluding hydrogens is 396 g/mol. The van der Waals surface area contributed by atoms with Crippen molar-refractivity contribution in [1.29, 1.82) is 0 Å². The number of hydrogen-bond acceptors (Lipinski definition) is 7. The zero-order chi connectivity index (χ0) is 18.3. The molecular formula is C17H21BrN8. The summed E-state index contributed by atoms with van der Waals surface area (Å²) in [6.07, 6.45) is 1.79. The van der Waals surface area contributed by atoms with E-state index in [1.54, 1.807) is 4.68 Å². The smallest absolute Gasteiger partial charge is 0.224 e. The number of aromatic nitrogens is 5. The van der Waals surface area contributed by atoms with Crippen molar-refractivity contribution >= 4 is 38.9 Å². The molecule has 0 spiro atoms. The number of benzene rings is 1. The molecule has 0 bridgehead atoms. The Hall–Kier alpha value is -2.26. The van der Waals surface area contributed by atoms with Crippen LogP contribution < -0.4 is 16.4 Å². The van der Waals surface area contributed by atoms with Gasteiger partial charge in [-0.05, 0) is 37.5 Å². The lowest BCUT2D eigenvalue weighted by Crippen LogP contribution is -2.48. The van der Waals surface area contributed by atoms with Gasteiger partial charge in [-0.3, -0.25) is 0 Å². The number of fused-ring (bicyclic) bond motifs is 1. The largest absolute Gasteiger partial charge is 0.368 e. The van der Waals surface area contributed by atoms with E-state index in [-0.39, 0.29) is 11.5 Å².